The predicted molar refractivity (Wildman–Crippen MR) is 177 cm³/mol. The molecule has 8 heteroatoms. The predicted octanol–water partition coefficient (Wildman–Crippen LogP) is 11.3. The molecule has 0 heterocycles. The smallest absolute Gasteiger partial charge is 0.466 e. The number of carbonyl (C=O) groups excluding carboxylic acids is 2. The quantitative estimate of drug-likeness (QED) is 0.0302. The van der Waals surface area contributed by atoms with Crippen molar-refractivity contribution in [3.63, 3.8) is 0 Å². The molecule has 1 rings (SSSR count). The Morgan fingerprint density at radius 1 is 0.682 bits per heavy atom. The SMILES string of the molecule is CCCCCCC(CCCCCCCCC(=O)OCCC(CCCCC)CCCCC)OC(=O)Oc1ccc([N+](=O)[O-])cc1. The third-order valence-corrected chi connectivity index (χ3v) is 8.27. The lowest BCUT2D eigenvalue weighted by Crippen LogP contribution is -2.21. The highest BCUT2D eigenvalue weighted by molar-refractivity contribution is 5.69. The third-order valence-electron chi connectivity index (χ3n) is 8.27. The van der Waals surface area contributed by atoms with Gasteiger partial charge in [0.15, 0.2) is 0 Å². The molecular formula is C36H61NO7. The summed E-state index contributed by atoms with van der Waals surface area (Å²) in [6.07, 6.45) is 22.7. The van der Waals surface area contributed by atoms with E-state index >= 15 is 0 Å². The van der Waals surface area contributed by atoms with E-state index in [1.165, 1.54) is 75.6 Å². The summed E-state index contributed by atoms with van der Waals surface area (Å²) in [6, 6.07) is 5.40. The lowest BCUT2D eigenvalue weighted by molar-refractivity contribution is -0.384. The fourth-order valence-electron chi connectivity index (χ4n) is 5.51. The maximum absolute atomic E-state index is 12.4. The third kappa shape index (κ3) is 21.1. The fraction of sp³-hybridized carbons (Fsp3) is 0.778. The van der Waals surface area contributed by atoms with Crippen molar-refractivity contribution < 1.29 is 28.7 Å². The van der Waals surface area contributed by atoms with Gasteiger partial charge in [0.1, 0.15) is 11.9 Å². The molecule has 0 fully saturated rings. The standard InChI is InChI=1S/C36H61NO7/c1-4-7-10-17-22-33(43-36(39)44-34-27-25-32(26-28-34)37(40)41)23-18-13-11-12-14-19-24-35(38)42-30-29-31(20-15-8-5-2)21-16-9-6-3/h25-28,31,33H,4-24,29-30H2,1-3H3. The Morgan fingerprint density at radius 2 is 1.18 bits per heavy atom. The molecule has 8 nitrogen and oxygen atoms in total. The fourth-order valence-corrected chi connectivity index (χ4v) is 5.51. The molecule has 0 saturated heterocycles. The van der Waals surface area contributed by atoms with Gasteiger partial charge < -0.3 is 14.2 Å². The van der Waals surface area contributed by atoms with Crippen molar-refractivity contribution in [2.24, 2.45) is 5.92 Å². The molecule has 0 N–H and O–H groups in total. The van der Waals surface area contributed by atoms with Crippen molar-refractivity contribution in [1.82, 2.24) is 0 Å². The number of esters is 1. The molecule has 1 aromatic rings. The van der Waals surface area contributed by atoms with E-state index in [4.69, 9.17) is 14.2 Å². The molecule has 0 aliphatic carbocycles. The monoisotopic (exact) mass is 619 g/mol. The second-order valence-corrected chi connectivity index (χ2v) is 12.2. The molecule has 0 amide bonds. The molecular weight excluding hydrogens is 558 g/mol. The van der Waals surface area contributed by atoms with E-state index in [9.17, 15) is 19.7 Å². The van der Waals surface area contributed by atoms with Gasteiger partial charge >= 0.3 is 12.1 Å². The minimum absolute atomic E-state index is 0.0606. The number of nitrogens with zero attached hydrogens (tertiary/aromatic N) is 1. The zero-order valence-corrected chi connectivity index (χ0v) is 28.0. The first-order valence-electron chi connectivity index (χ1n) is 17.7. The number of unbranched alkanes of at least 4 members (excludes halogenated alkanes) is 12. The Hall–Kier alpha value is -2.64. The van der Waals surface area contributed by atoms with E-state index in [1.54, 1.807) is 0 Å². The van der Waals surface area contributed by atoms with E-state index < -0.39 is 11.1 Å². The second kappa shape index (κ2) is 26.7. The number of nitro benzene ring substituents is 1. The largest absolute Gasteiger partial charge is 0.514 e. The summed E-state index contributed by atoms with van der Waals surface area (Å²) in [5.41, 5.74) is -0.0610. The summed E-state index contributed by atoms with van der Waals surface area (Å²) in [6.45, 7) is 7.21. The van der Waals surface area contributed by atoms with Crippen LogP contribution in [0.2, 0.25) is 0 Å². The highest BCUT2D eigenvalue weighted by Gasteiger charge is 2.17. The molecule has 1 unspecified atom stereocenters. The number of nitro groups is 1. The van der Waals surface area contributed by atoms with Gasteiger partial charge in [0.2, 0.25) is 0 Å². The van der Waals surface area contributed by atoms with Gasteiger partial charge in [-0.2, -0.15) is 0 Å². The number of ether oxygens (including phenoxy) is 3. The van der Waals surface area contributed by atoms with Gasteiger partial charge in [0.25, 0.3) is 5.69 Å². The maximum atomic E-state index is 12.4. The van der Waals surface area contributed by atoms with Gasteiger partial charge in [-0.25, -0.2) is 4.79 Å². The molecule has 0 radical (unpaired) electrons. The van der Waals surface area contributed by atoms with Gasteiger partial charge in [-0.1, -0.05) is 117 Å². The average Bonchev–Trinajstić information content (AvgIpc) is 3.00. The number of hydrogen-bond donors (Lipinski definition) is 0. The van der Waals surface area contributed by atoms with E-state index in [1.807, 2.05) is 0 Å². The lowest BCUT2D eigenvalue weighted by atomic mass is 9.92. The van der Waals surface area contributed by atoms with Gasteiger partial charge in [-0.3, -0.25) is 14.9 Å². The lowest BCUT2D eigenvalue weighted by Gasteiger charge is -2.17. The summed E-state index contributed by atoms with van der Waals surface area (Å²) in [4.78, 5) is 34.9. The second-order valence-electron chi connectivity index (χ2n) is 12.2. The van der Waals surface area contributed by atoms with Crippen LogP contribution in [0.5, 0.6) is 5.75 Å². The molecule has 1 atom stereocenters. The van der Waals surface area contributed by atoms with Gasteiger partial charge in [-0.15, -0.1) is 0 Å². The number of hydrogen-bond acceptors (Lipinski definition) is 7. The van der Waals surface area contributed by atoms with Gasteiger partial charge in [-0.05, 0) is 56.6 Å². The molecule has 0 aliphatic heterocycles. The summed E-state index contributed by atoms with van der Waals surface area (Å²) < 4.78 is 16.5. The van der Waals surface area contributed by atoms with E-state index in [-0.39, 0.29) is 23.5 Å². The van der Waals surface area contributed by atoms with Crippen LogP contribution in [-0.4, -0.2) is 29.8 Å². The Labute approximate surface area is 267 Å². The normalized spacial score (nSPS) is 11.8. The van der Waals surface area contributed by atoms with Crippen LogP contribution in [0.25, 0.3) is 0 Å². The minimum Gasteiger partial charge on any atom is -0.466 e. The van der Waals surface area contributed by atoms with Crippen molar-refractivity contribution in [2.45, 2.75) is 168 Å². The average molecular weight is 620 g/mol. The number of carbonyl (C=O) groups is 2. The first kappa shape index (κ1) is 39.4. The Morgan fingerprint density at radius 3 is 1.75 bits per heavy atom. The molecule has 0 aromatic heterocycles. The zero-order chi connectivity index (χ0) is 32.3. The summed E-state index contributed by atoms with van der Waals surface area (Å²) in [7, 11) is 0. The zero-order valence-electron chi connectivity index (χ0n) is 28.0. The van der Waals surface area contributed by atoms with E-state index in [0.717, 1.165) is 83.5 Å². The molecule has 44 heavy (non-hydrogen) atoms. The Kier molecular flexibility index (Phi) is 23.9. The van der Waals surface area contributed by atoms with E-state index in [2.05, 4.69) is 20.8 Å². The first-order valence-corrected chi connectivity index (χ1v) is 17.7. The first-order chi connectivity index (χ1) is 21.4. The van der Waals surface area contributed by atoms with Crippen LogP contribution in [0.15, 0.2) is 24.3 Å². The van der Waals surface area contributed by atoms with Gasteiger partial charge in [0, 0.05) is 18.6 Å². The molecule has 252 valence electrons. The van der Waals surface area contributed by atoms with Crippen LogP contribution in [0, 0.1) is 16.0 Å². The molecule has 1 aromatic carbocycles. The topological polar surface area (TPSA) is 105 Å². The van der Waals surface area contributed by atoms with Crippen LogP contribution in [0.1, 0.15) is 162 Å². The molecule has 0 aliphatic rings. The maximum Gasteiger partial charge on any atom is 0.514 e. The van der Waals surface area contributed by atoms with Crippen LogP contribution in [0.3, 0.4) is 0 Å². The van der Waals surface area contributed by atoms with Gasteiger partial charge in [0.05, 0.1) is 11.5 Å². The van der Waals surface area contributed by atoms with Crippen LogP contribution in [-0.2, 0) is 14.3 Å². The number of benzene rings is 1. The minimum atomic E-state index is -0.769. The van der Waals surface area contributed by atoms with Crippen LogP contribution >= 0.6 is 0 Å². The highest BCUT2D eigenvalue weighted by Crippen LogP contribution is 2.22. The Bertz CT molecular complexity index is 864. The van der Waals surface area contributed by atoms with E-state index in [0.29, 0.717) is 18.9 Å². The van der Waals surface area contributed by atoms with Crippen molar-refractivity contribution in [2.75, 3.05) is 6.61 Å². The van der Waals surface area contributed by atoms with Crippen molar-refractivity contribution in [1.29, 1.82) is 0 Å². The summed E-state index contributed by atoms with van der Waals surface area (Å²) in [5.74, 6) is 0.848. The van der Waals surface area contributed by atoms with Crippen molar-refractivity contribution in [3.8, 4) is 5.75 Å². The number of rotatable bonds is 28. The summed E-state index contributed by atoms with van der Waals surface area (Å²) in [5, 5.41) is 10.8. The van der Waals surface area contributed by atoms with Crippen molar-refractivity contribution >= 4 is 17.8 Å². The summed E-state index contributed by atoms with van der Waals surface area (Å²) >= 11 is 0. The van der Waals surface area contributed by atoms with Crippen LogP contribution in [0.4, 0.5) is 10.5 Å². The molecule has 0 spiro atoms. The van der Waals surface area contributed by atoms with Crippen molar-refractivity contribution in [3.05, 3.63) is 34.4 Å². The van der Waals surface area contributed by atoms with Crippen LogP contribution < -0.4 is 4.74 Å². The number of non-ortho nitro benzene ring substituents is 1. The Balaban J connectivity index is 2.25. The molecule has 0 bridgehead atoms. The highest BCUT2D eigenvalue weighted by atomic mass is 16.7. The molecule has 0 saturated carbocycles.